The molecule has 2 N–H and O–H groups in total. The molecule has 0 spiro atoms. The third-order valence-corrected chi connectivity index (χ3v) is 5.74. The summed E-state index contributed by atoms with van der Waals surface area (Å²) in [5.74, 6) is -2.08. The maximum Gasteiger partial charge on any atom is 0.325 e. The monoisotopic (exact) mass is 340 g/mol. The number of benzene rings is 1. The minimum absolute atomic E-state index is 0.0649. The average Bonchev–Trinajstić information content (AvgIpc) is 2.55. The Morgan fingerprint density at radius 2 is 1.96 bits per heavy atom. The van der Waals surface area contributed by atoms with Crippen LogP contribution in [0.5, 0.6) is 0 Å². The molecule has 1 aliphatic heterocycles. The fourth-order valence-electron chi connectivity index (χ4n) is 2.51. The van der Waals surface area contributed by atoms with Gasteiger partial charge in [0.2, 0.25) is 15.9 Å². The van der Waals surface area contributed by atoms with Crippen LogP contribution in [0.3, 0.4) is 0 Å². The second-order valence-electron chi connectivity index (χ2n) is 5.58. The first kappa shape index (κ1) is 17.4. The van der Waals surface area contributed by atoms with Crippen molar-refractivity contribution in [3.63, 3.8) is 0 Å². The highest BCUT2D eigenvalue weighted by Gasteiger charge is 2.33. The molecule has 23 heavy (non-hydrogen) atoms. The third-order valence-electron chi connectivity index (χ3n) is 3.87. The molecule has 0 saturated carbocycles. The van der Waals surface area contributed by atoms with E-state index in [1.807, 2.05) is 0 Å². The molecule has 0 bridgehead atoms. The number of carboxylic acids is 1. The highest BCUT2D eigenvalue weighted by atomic mass is 32.2. The molecular weight excluding hydrogens is 320 g/mol. The smallest absolute Gasteiger partial charge is 0.325 e. The van der Waals surface area contributed by atoms with Crippen molar-refractivity contribution in [3.8, 4) is 0 Å². The summed E-state index contributed by atoms with van der Waals surface area (Å²) in [6, 6.07) is 7.07. The van der Waals surface area contributed by atoms with Gasteiger partial charge in [-0.3, -0.25) is 9.59 Å². The van der Waals surface area contributed by atoms with Crippen LogP contribution in [-0.4, -0.2) is 48.8 Å². The number of nitrogens with one attached hydrogen (secondary N) is 1. The number of rotatable bonds is 5. The summed E-state index contributed by atoms with van der Waals surface area (Å²) >= 11 is 0. The molecule has 8 heteroatoms. The largest absolute Gasteiger partial charge is 0.480 e. The first-order valence-corrected chi connectivity index (χ1v) is 8.84. The summed E-state index contributed by atoms with van der Waals surface area (Å²) in [6.07, 6.45) is 1.10. The number of nitrogens with zero attached hydrogens (tertiary/aromatic N) is 1. The van der Waals surface area contributed by atoms with Gasteiger partial charge in [0.1, 0.15) is 6.04 Å². The van der Waals surface area contributed by atoms with Crippen LogP contribution in [0, 0.1) is 5.92 Å². The molecule has 126 valence electrons. The number of hydrogen-bond acceptors (Lipinski definition) is 4. The highest BCUT2D eigenvalue weighted by molar-refractivity contribution is 7.89. The van der Waals surface area contributed by atoms with E-state index in [2.05, 4.69) is 5.32 Å². The number of amides is 1. The fraction of sp³-hybridized carbons (Fsp3) is 0.467. The van der Waals surface area contributed by atoms with E-state index in [-0.39, 0.29) is 11.4 Å². The van der Waals surface area contributed by atoms with E-state index in [0.29, 0.717) is 19.4 Å². The predicted octanol–water partition coefficient (Wildman–Crippen LogP) is 0.677. The Kier molecular flexibility index (Phi) is 5.38. The lowest BCUT2D eigenvalue weighted by molar-refractivity contribution is -0.142. The van der Waals surface area contributed by atoms with E-state index in [1.54, 1.807) is 18.2 Å². The van der Waals surface area contributed by atoms with Crippen LogP contribution in [0.2, 0.25) is 0 Å². The van der Waals surface area contributed by atoms with Crippen LogP contribution in [0.1, 0.15) is 19.8 Å². The van der Waals surface area contributed by atoms with Gasteiger partial charge in [-0.15, -0.1) is 0 Å². The van der Waals surface area contributed by atoms with Gasteiger partial charge in [0, 0.05) is 13.1 Å². The van der Waals surface area contributed by atoms with Crippen LogP contribution in [-0.2, 0) is 19.6 Å². The minimum Gasteiger partial charge on any atom is -0.480 e. The molecule has 1 fully saturated rings. The van der Waals surface area contributed by atoms with Crippen molar-refractivity contribution in [1.82, 2.24) is 9.62 Å². The Morgan fingerprint density at radius 1 is 1.30 bits per heavy atom. The van der Waals surface area contributed by atoms with Gasteiger partial charge in [-0.05, 0) is 31.9 Å². The topological polar surface area (TPSA) is 104 Å². The number of carbonyl (C=O) groups is 2. The fourth-order valence-corrected chi connectivity index (χ4v) is 4.05. The van der Waals surface area contributed by atoms with E-state index >= 15 is 0 Å². The van der Waals surface area contributed by atoms with Gasteiger partial charge in [-0.25, -0.2) is 8.42 Å². The number of aliphatic carboxylic acids is 1. The van der Waals surface area contributed by atoms with Crippen molar-refractivity contribution >= 4 is 21.9 Å². The van der Waals surface area contributed by atoms with Crippen molar-refractivity contribution in [2.45, 2.75) is 30.7 Å². The minimum atomic E-state index is -3.64. The normalized spacial score (nSPS) is 20.7. The van der Waals surface area contributed by atoms with Crippen molar-refractivity contribution in [3.05, 3.63) is 30.3 Å². The molecular formula is C15H20N2O5S. The van der Waals surface area contributed by atoms with E-state index in [4.69, 9.17) is 5.11 Å². The van der Waals surface area contributed by atoms with Crippen LogP contribution in [0.15, 0.2) is 35.2 Å². The molecule has 0 aromatic heterocycles. The van der Waals surface area contributed by atoms with Gasteiger partial charge in [-0.2, -0.15) is 4.31 Å². The van der Waals surface area contributed by atoms with Crippen LogP contribution in [0.25, 0.3) is 0 Å². The molecule has 1 saturated heterocycles. The number of piperidine rings is 1. The van der Waals surface area contributed by atoms with Gasteiger partial charge in [0.05, 0.1) is 10.8 Å². The van der Waals surface area contributed by atoms with Crippen molar-refractivity contribution < 1.29 is 23.1 Å². The summed E-state index contributed by atoms with van der Waals surface area (Å²) in [5.41, 5.74) is 0. The average molecular weight is 340 g/mol. The molecule has 1 heterocycles. The lowest BCUT2D eigenvalue weighted by atomic mass is 9.98. The van der Waals surface area contributed by atoms with Crippen molar-refractivity contribution in [2.75, 3.05) is 13.1 Å². The summed E-state index contributed by atoms with van der Waals surface area (Å²) in [6.45, 7) is 1.80. The second kappa shape index (κ2) is 7.10. The van der Waals surface area contributed by atoms with Gasteiger partial charge in [0.15, 0.2) is 0 Å². The Labute approximate surface area is 135 Å². The van der Waals surface area contributed by atoms with E-state index in [9.17, 15) is 18.0 Å². The zero-order valence-electron chi connectivity index (χ0n) is 12.8. The molecule has 1 unspecified atom stereocenters. The standard InChI is InChI=1S/C15H20N2O5S/c1-11(15(19)20)16-14(18)12-6-5-9-17(10-12)23(21,22)13-7-3-2-4-8-13/h2-4,7-8,11-12H,5-6,9-10H2,1H3,(H,16,18)(H,19,20)/t11-,12?/m1/s1. The van der Waals surface area contributed by atoms with Gasteiger partial charge < -0.3 is 10.4 Å². The number of carboxylic acid groups (broad SMARTS) is 1. The highest BCUT2D eigenvalue weighted by Crippen LogP contribution is 2.23. The van der Waals surface area contributed by atoms with Gasteiger partial charge in [-0.1, -0.05) is 18.2 Å². The van der Waals surface area contributed by atoms with Crippen molar-refractivity contribution in [2.24, 2.45) is 5.92 Å². The molecule has 2 atom stereocenters. The van der Waals surface area contributed by atoms with Gasteiger partial charge >= 0.3 is 5.97 Å². The maximum absolute atomic E-state index is 12.6. The zero-order chi connectivity index (χ0) is 17.0. The first-order valence-electron chi connectivity index (χ1n) is 7.40. The van der Waals surface area contributed by atoms with Crippen LogP contribution in [0.4, 0.5) is 0 Å². The lowest BCUT2D eigenvalue weighted by Gasteiger charge is -2.31. The van der Waals surface area contributed by atoms with E-state index in [1.165, 1.54) is 23.4 Å². The summed E-state index contributed by atoms with van der Waals surface area (Å²) in [4.78, 5) is 23.1. The Hall–Kier alpha value is -1.93. The number of hydrogen-bond donors (Lipinski definition) is 2. The van der Waals surface area contributed by atoms with E-state index in [0.717, 1.165) is 0 Å². The van der Waals surface area contributed by atoms with Gasteiger partial charge in [0.25, 0.3) is 0 Å². The Bertz CT molecular complexity index is 674. The summed E-state index contributed by atoms with van der Waals surface area (Å²) in [7, 11) is -3.64. The van der Waals surface area contributed by atoms with E-state index < -0.39 is 33.9 Å². The molecule has 1 amide bonds. The van der Waals surface area contributed by atoms with Crippen LogP contribution >= 0.6 is 0 Å². The maximum atomic E-state index is 12.6. The second-order valence-corrected chi connectivity index (χ2v) is 7.52. The Balaban J connectivity index is 2.09. The quantitative estimate of drug-likeness (QED) is 0.820. The molecule has 1 aromatic rings. The Morgan fingerprint density at radius 3 is 2.57 bits per heavy atom. The first-order chi connectivity index (χ1) is 10.8. The van der Waals surface area contributed by atoms with Crippen molar-refractivity contribution in [1.29, 1.82) is 0 Å². The number of carbonyl (C=O) groups excluding carboxylic acids is 1. The molecule has 1 aromatic carbocycles. The SMILES string of the molecule is C[C@@H](NC(=O)C1CCCN(S(=O)(=O)c2ccccc2)C1)C(=O)O. The predicted molar refractivity (Wildman–Crippen MR) is 83.2 cm³/mol. The number of sulfonamides is 1. The lowest BCUT2D eigenvalue weighted by Crippen LogP contribution is -2.48. The summed E-state index contributed by atoms with van der Waals surface area (Å²) < 4.78 is 26.5. The third kappa shape index (κ3) is 4.08. The molecule has 2 rings (SSSR count). The zero-order valence-corrected chi connectivity index (χ0v) is 13.6. The van der Waals surface area contributed by atoms with Crippen LogP contribution < -0.4 is 5.32 Å². The molecule has 7 nitrogen and oxygen atoms in total. The molecule has 0 radical (unpaired) electrons. The molecule has 0 aliphatic carbocycles. The summed E-state index contributed by atoms with van der Waals surface area (Å²) in [5, 5.41) is 11.2. The molecule has 1 aliphatic rings.